The average Bonchev–Trinajstić information content (AvgIpc) is 3.03. The lowest BCUT2D eigenvalue weighted by Crippen LogP contribution is -2.13. The molecule has 0 atom stereocenters. The molecule has 0 radical (unpaired) electrons. The van der Waals surface area contributed by atoms with Gasteiger partial charge in [-0.3, -0.25) is 4.79 Å². The fourth-order valence-corrected chi connectivity index (χ4v) is 2.24. The van der Waals surface area contributed by atoms with Gasteiger partial charge >= 0.3 is 0 Å². The predicted octanol–water partition coefficient (Wildman–Crippen LogP) is 3.70. The van der Waals surface area contributed by atoms with Crippen LogP contribution in [0.15, 0.2) is 52.9 Å². The molecule has 0 fully saturated rings. The van der Waals surface area contributed by atoms with E-state index in [1.54, 1.807) is 37.3 Å². The van der Waals surface area contributed by atoms with E-state index in [1.807, 2.05) is 25.1 Å². The maximum absolute atomic E-state index is 12.4. The highest BCUT2D eigenvalue weighted by Crippen LogP contribution is 2.22. The summed E-state index contributed by atoms with van der Waals surface area (Å²) in [6.07, 6.45) is 0. The lowest BCUT2D eigenvalue weighted by molar-refractivity contribution is 0.102. The van der Waals surface area contributed by atoms with Gasteiger partial charge in [0.25, 0.3) is 5.91 Å². The lowest BCUT2D eigenvalue weighted by Gasteiger charge is -2.10. The van der Waals surface area contributed by atoms with Crippen molar-refractivity contribution in [2.24, 2.45) is 0 Å². The molecule has 1 aromatic heterocycles. The first kappa shape index (κ1) is 15.7. The largest absolute Gasteiger partial charge is 0.493 e. The first-order chi connectivity index (χ1) is 11.7. The van der Waals surface area contributed by atoms with Crippen molar-refractivity contribution in [3.63, 3.8) is 0 Å². The zero-order valence-electron chi connectivity index (χ0n) is 13.4. The van der Waals surface area contributed by atoms with E-state index in [1.165, 1.54) is 0 Å². The fourth-order valence-electron chi connectivity index (χ4n) is 2.24. The zero-order chi connectivity index (χ0) is 16.9. The van der Waals surface area contributed by atoms with Gasteiger partial charge in [0, 0.05) is 18.2 Å². The van der Waals surface area contributed by atoms with E-state index in [4.69, 9.17) is 9.15 Å². The Morgan fingerprint density at radius 1 is 1.12 bits per heavy atom. The molecule has 3 rings (SSSR count). The van der Waals surface area contributed by atoms with E-state index in [9.17, 15) is 4.79 Å². The molecule has 1 amide bonds. The summed E-state index contributed by atoms with van der Waals surface area (Å²) in [6, 6.07) is 14.4. The minimum Gasteiger partial charge on any atom is -0.493 e. The Bertz CT molecular complexity index is 841. The van der Waals surface area contributed by atoms with E-state index in [0.717, 1.165) is 5.56 Å². The Morgan fingerprint density at radius 3 is 2.54 bits per heavy atom. The molecule has 0 saturated carbocycles. The second kappa shape index (κ2) is 6.95. The number of para-hydroxylation sites is 1. The van der Waals surface area contributed by atoms with Gasteiger partial charge in [0.15, 0.2) is 0 Å². The second-order valence-electron chi connectivity index (χ2n) is 5.09. The van der Waals surface area contributed by atoms with Gasteiger partial charge in [-0.05, 0) is 43.3 Å². The van der Waals surface area contributed by atoms with Crippen molar-refractivity contribution in [3.05, 3.63) is 60.0 Å². The van der Waals surface area contributed by atoms with Gasteiger partial charge in [0.05, 0.1) is 12.2 Å². The average molecular weight is 323 g/mol. The molecule has 2 aromatic carbocycles. The van der Waals surface area contributed by atoms with Gasteiger partial charge in [0.1, 0.15) is 5.75 Å². The number of nitrogens with zero attached hydrogens (tertiary/aromatic N) is 2. The van der Waals surface area contributed by atoms with E-state index in [-0.39, 0.29) is 5.91 Å². The molecule has 0 unspecified atom stereocenters. The number of ether oxygens (including phenoxy) is 1. The molecule has 0 saturated heterocycles. The summed E-state index contributed by atoms with van der Waals surface area (Å²) in [5.41, 5.74) is 1.96. The molecule has 0 bridgehead atoms. The number of benzene rings is 2. The Labute approximate surface area is 139 Å². The number of nitrogens with one attached hydrogen (secondary N) is 1. The molecule has 1 heterocycles. The number of hydrogen-bond donors (Lipinski definition) is 1. The van der Waals surface area contributed by atoms with E-state index in [2.05, 4.69) is 15.5 Å². The quantitative estimate of drug-likeness (QED) is 0.774. The molecule has 0 aliphatic heterocycles. The van der Waals surface area contributed by atoms with Gasteiger partial charge in [-0.2, -0.15) is 0 Å². The van der Waals surface area contributed by atoms with Crippen molar-refractivity contribution in [3.8, 4) is 17.2 Å². The highest BCUT2D eigenvalue weighted by Gasteiger charge is 2.12. The number of carbonyl (C=O) groups excluding carboxylic acids is 1. The van der Waals surface area contributed by atoms with Crippen molar-refractivity contribution < 1.29 is 13.9 Å². The molecule has 0 aliphatic carbocycles. The number of carbonyl (C=O) groups is 1. The van der Waals surface area contributed by atoms with Crippen molar-refractivity contribution in [2.75, 3.05) is 11.9 Å². The van der Waals surface area contributed by atoms with Crippen molar-refractivity contribution >= 4 is 11.6 Å². The van der Waals surface area contributed by atoms with Gasteiger partial charge in [-0.15, -0.1) is 10.2 Å². The molecule has 0 spiro atoms. The second-order valence-corrected chi connectivity index (χ2v) is 5.09. The molecular weight excluding hydrogens is 306 g/mol. The summed E-state index contributed by atoms with van der Waals surface area (Å²) in [7, 11) is 0. The topological polar surface area (TPSA) is 77.2 Å². The molecule has 24 heavy (non-hydrogen) atoms. The summed E-state index contributed by atoms with van der Waals surface area (Å²) in [4.78, 5) is 12.4. The number of rotatable bonds is 5. The van der Waals surface area contributed by atoms with E-state index >= 15 is 0 Å². The zero-order valence-corrected chi connectivity index (χ0v) is 13.4. The fraction of sp³-hybridized carbons (Fsp3) is 0.167. The highest BCUT2D eigenvalue weighted by atomic mass is 16.5. The minimum absolute atomic E-state index is 0.222. The molecule has 6 nitrogen and oxygen atoms in total. The summed E-state index contributed by atoms with van der Waals surface area (Å²) in [5, 5.41) is 10.6. The van der Waals surface area contributed by atoms with E-state index < -0.39 is 0 Å². The molecule has 3 aromatic rings. The highest BCUT2D eigenvalue weighted by molar-refractivity contribution is 6.06. The molecule has 0 aliphatic rings. The lowest BCUT2D eigenvalue weighted by atomic mass is 10.1. The predicted molar refractivity (Wildman–Crippen MR) is 90.0 cm³/mol. The SMILES string of the molecule is CCOc1ccccc1C(=O)Nc1ccc(-c2nnc(C)o2)cc1. The summed E-state index contributed by atoms with van der Waals surface area (Å²) in [5.74, 6) is 1.30. The Morgan fingerprint density at radius 2 is 1.88 bits per heavy atom. The summed E-state index contributed by atoms with van der Waals surface area (Å²) >= 11 is 0. The number of aromatic nitrogens is 2. The van der Waals surface area contributed by atoms with Crippen LogP contribution >= 0.6 is 0 Å². The van der Waals surface area contributed by atoms with Gasteiger partial charge in [-0.25, -0.2) is 0 Å². The third-order valence-corrected chi connectivity index (χ3v) is 3.35. The first-order valence-corrected chi connectivity index (χ1v) is 7.61. The number of amides is 1. The van der Waals surface area contributed by atoms with Crippen LogP contribution in [-0.4, -0.2) is 22.7 Å². The van der Waals surface area contributed by atoms with Crippen LogP contribution in [0.5, 0.6) is 5.75 Å². The summed E-state index contributed by atoms with van der Waals surface area (Å²) < 4.78 is 10.9. The Balaban J connectivity index is 1.75. The standard InChI is InChI=1S/C18H17N3O3/c1-3-23-16-7-5-4-6-15(16)17(22)19-14-10-8-13(9-11-14)18-21-20-12(2)24-18/h4-11H,3H2,1-2H3,(H,19,22). The first-order valence-electron chi connectivity index (χ1n) is 7.61. The van der Waals surface area contributed by atoms with Crippen molar-refractivity contribution in [1.82, 2.24) is 10.2 Å². The summed E-state index contributed by atoms with van der Waals surface area (Å²) in [6.45, 7) is 4.12. The Hall–Kier alpha value is -3.15. The van der Waals surface area contributed by atoms with E-state index in [0.29, 0.717) is 35.4 Å². The monoisotopic (exact) mass is 323 g/mol. The maximum Gasteiger partial charge on any atom is 0.259 e. The normalized spacial score (nSPS) is 10.4. The van der Waals surface area contributed by atoms with Crippen LogP contribution < -0.4 is 10.1 Å². The number of aryl methyl sites for hydroxylation is 1. The van der Waals surface area contributed by atoms with Crippen LogP contribution in [0.3, 0.4) is 0 Å². The number of hydrogen-bond acceptors (Lipinski definition) is 5. The van der Waals surface area contributed by atoms with Crippen LogP contribution in [0, 0.1) is 6.92 Å². The van der Waals surface area contributed by atoms with Crippen molar-refractivity contribution in [1.29, 1.82) is 0 Å². The van der Waals surface area contributed by atoms with Gasteiger partial charge in [-0.1, -0.05) is 12.1 Å². The smallest absolute Gasteiger partial charge is 0.259 e. The number of anilines is 1. The molecular formula is C18H17N3O3. The van der Waals surface area contributed by atoms with Crippen LogP contribution in [0.25, 0.3) is 11.5 Å². The molecule has 6 heteroatoms. The maximum atomic E-state index is 12.4. The van der Waals surface area contributed by atoms with Gasteiger partial charge in [0.2, 0.25) is 11.8 Å². The van der Waals surface area contributed by atoms with Crippen molar-refractivity contribution in [2.45, 2.75) is 13.8 Å². The third-order valence-electron chi connectivity index (χ3n) is 3.35. The van der Waals surface area contributed by atoms with Crippen LogP contribution in [-0.2, 0) is 0 Å². The minimum atomic E-state index is -0.222. The van der Waals surface area contributed by atoms with Crippen LogP contribution in [0.2, 0.25) is 0 Å². The molecule has 1 N–H and O–H groups in total. The van der Waals surface area contributed by atoms with Crippen LogP contribution in [0.1, 0.15) is 23.2 Å². The van der Waals surface area contributed by atoms with Crippen LogP contribution in [0.4, 0.5) is 5.69 Å². The molecule has 122 valence electrons. The Kier molecular flexibility index (Phi) is 4.56. The van der Waals surface area contributed by atoms with Gasteiger partial charge < -0.3 is 14.5 Å². The third kappa shape index (κ3) is 3.43.